The minimum atomic E-state index is -2.99. The van der Waals surface area contributed by atoms with Gasteiger partial charge in [0, 0.05) is 18.4 Å². The van der Waals surface area contributed by atoms with E-state index in [1.165, 1.54) is 0 Å². The van der Waals surface area contributed by atoms with E-state index in [4.69, 9.17) is 9.57 Å². The van der Waals surface area contributed by atoms with Crippen molar-refractivity contribution in [1.82, 2.24) is 10.8 Å². The number of amides is 2. The Labute approximate surface area is 300 Å². The van der Waals surface area contributed by atoms with Gasteiger partial charge in [-0.3, -0.25) is 14.4 Å². The molecule has 2 fully saturated rings. The van der Waals surface area contributed by atoms with Crippen molar-refractivity contribution in [2.24, 2.45) is 22.1 Å². The van der Waals surface area contributed by atoms with Crippen molar-refractivity contribution in [3.63, 3.8) is 0 Å². The Balaban J connectivity index is 1.21. The van der Waals surface area contributed by atoms with Crippen LogP contribution in [0, 0.1) is 17.8 Å². The van der Waals surface area contributed by atoms with Crippen LogP contribution in [-0.2, 0) is 43.8 Å². The molecule has 268 valence electrons. The van der Waals surface area contributed by atoms with Gasteiger partial charge in [0.2, 0.25) is 11.8 Å². The van der Waals surface area contributed by atoms with Crippen molar-refractivity contribution < 1.29 is 28.5 Å². The summed E-state index contributed by atoms with van der Waals surface area (Å²) in [5.74, 6) is -1.03. The lowest BCUT2D eigenvalue weighted by atomic mass is 9.80. The zero-order valence-corrected chi connectivity index (χ0v) is 29.8. The number of fused-ring (bicyclic) bond motifs is 1. The molecule has 2 amide bonds. The molecule has 0 heterocycles. The molecule has 2 saturated carbocycles. The predicted molar refractivity (Wildman–Crippen MR) is 197 cm³/mol. The highest BCUT2D eigenvalue weighted by Gasteiger charge is 2.55. The number of rotatable bonds is 14. The molecule has 2 aliphatic rings. The molecule has 0 aromatic heterocycles. The lowest BCUT2D eigenvalue weighted by Crippen LogP contribution is -2.49. The van der Waals surface area contributed by atoms with E-state index in [9.17, 15) is 18.9 Å². The lowest BCUT2D eigenvalue weighted by molar-refractivity contribution is -0.139. The third kappa shape index (κ3) is 8.87. The third-order valence-electron chi connectivity index (χ3n) is 10.2. The fraction of sp³-hybridized carbons (Fsp3) is 0.366. The van der Waals surface area contributed by atoms with Gasteiger partial charge in [0.1, 0.15) is 12.4 Å². The Morgan fingerprint density at radius 3 is 2.10 bits per heavy atom. The normalized spacial score (nSPS) is 22.9. The average Bonchev–Trinajstić information content (AvgIpc) is 3.45. The minimum absolute atomic E-state index is 0.0626. The quantitative estimate of drug-likeness (QED) is 0.133. The highest BCUT2D eigenvalue weighted by atomic mass is 32.2. The Morgan fingerprint density at radius 1 is 0.824 bits per heavy atom. The number of ether oxygens (including phenoxy) is 1. The molecular weight excluding hydrogens is 663 g/mol. The molecule has 7 atom stereocenters. The zero-order valence-electron chi connectivity index (χ0n) is 28.9. The molecule has 51 heavy (non-hydrogen) atoms. The smallest absolute Gasteiger partial charge is 0.244 e. The van der Waals surface area contributed by atoms with Crippen LogP contribution in [0.3, 0.4) is 0 Å². The third-order valence-corrected chi connectivity index (χ3v) is 13.0. The van der Waals surface area contributed by atoms with Gasteiger partial charge in [0.25, 0.3) is 0 Å². The maximum absolute atomic E-state index is 14.6. The van der Waals surface area contributed by atoms with Gasteiger partial charge >= 0.3 is 0 Å². The fourth-order valence-corrected chi connectivity index (χ4v) is 10.4. The number of carbonyl (C=O) groups is 2. The summed E-state index contributed by atoms with van der Waals surface area (Å²) < 4.78 is 25.1. The Hall–Kier alpha value is -4.51. The van der Waals surface area contributed by atoms with E-state index in [-0.39, 0.29) is 37.2 Å². The molecule has 0 bridgehead atoms. The first kappa shape index (κ1) is 36.3. The standard InChI is InChI=1S/C41H47N3O6S/c1-42-51(48,34-20-9-4-10-21-34)40-36-23-12-11-22-35(36)38(39(40)46)43-41(47)32(26-37(45)44-50-28-30-16-7-3-8-17-30)24-31-18-13-19-33(25-31)49-27-29-14-5-2-6-15-29/h2-10,13-21,25,32,35-36,38-40,46H,11-12,22-24,26-28H2,1H3,(H,43,47)(H,44,45)/t32-,35-,36+,38+,39-,40-,51?/m1/s1. The number of benzene rings is 4. The number of aliphatic hydroxyl groups is 1. The SMILES string of the molecule is CN=S(=O)(c1ccccc1)[C@H]1[C@H](O)[C@@H](NC(=O)[C@@H](CC(=O)NOCc2ccccc2)Cc2cccc(OCc3ccccc3)c2)[C@@H]2CCCC[C@@H]21. The molecule has 0 spiro atoms. The second-order valence-corrected chi connectivity index (χ2v) is 16.0. The fourth-order valence-electron chi connectivity index (χ4n) is 7.74. The van der Waals surface area contributed by atoms with E-state index < -0.39 is 38.9 Å². The first-order chi connectivity index (χ1) is 24.9. The van der Waals surface area contributed by atoms with Gasteiger partial charge < -0.3 is 15.2 Å². The van der Waals surface area contributed by atoms with E-state index >= 15 is 0 Å². The van der Waals surface area contributed by atoms with Crippen molar-refractivity contribution in [2.75, 3.05) is 7.05 Å². The maximum Gasteiger partial charge on any atom is 0.244 e. The van der Waals surface area contributed by atoms with E-state index in [2.05, 4.69) is 15.2 Å². The molecule has 0 radical (unpaired) electrons. The summed E-state index contributed by atoms with van der Waals surface area (Å²) in [5, 5.41) is 14.5. The van der Waals surface area contributed by atoms with Gasteiger partial charge in [-0.25, -0.2) is 14.1 Å². The van der Waals surface area contributed by atoms with E-state index in [1.807, 2.05) is 103 Å². The zero-order chi connectivity index (χ0) is 35.6. The number of carbonyl (C=O) groups excluding carboxylic acids is 2. The largest absolute Gasteiger partial charge is 0.489 e. The molecule has 4 aromatic carbocycles. The molecule has 0 saturated heterocycles. The van der Waals surface area contributed by atoms with Crippen molar-refractivity contribution >= 4 is 21.5 Å². The van der Waals surface area contributed by atoms with E-state index in [1.54, 1.807) is 19.2 Å². The summed E-state index contributed by atoms with van der Waals surface area (Å²) in [6, 6.07) is 35.4. The molecule has 4 aromatic rings. The number of hydrogen-bond acceptors (Lipinski definition) is 7. The second kappa shape index (κ2) is 17.1. The van der Waals surface area contributed by atoms with Crippen LogP contribution in [0.4, 0.5) is 0 Å². The molecule has 10 heteroatoms. The molecule has 0 aliphatic heterocycles. The molecule has 2 aliphatic carbocycles. The van der Waals surface area contributed by atoms with E-state index in [0.29, 0.717) is 17.3 Å². The second-order valence-electron chi connectivity index (χ2n) is 13.5. The van der Waals surface area contributed by atoms with Gasteiger partial charge in [-0.2, -0.15) is 0 Å². The van der Waals surface area contributed by atoms with Gasteiger partial charge in [0.05, 0.1) is 39.6 Å². The van der Waals surface area contributed by atoms with Crippen molar-refractivity contribution in [1.29, 1.82) is 0 Å². The minimum Gasteiger partial charge on any atom is -0.489 e. The molecule has 1 unspecified atom stereocenters. The molecular formula is C41H47N3O6S. The van der Waals surface area contributed by atoms with Crippen LogP contribution >= 0.6 is 0 Å². The number of aliphatic hydroxyl groups excluding tert-OH is 1. The van der Waals surface area contributed by atoms with Crippen molar-refractivity contribution in [3.05, 3.63) is 132 Å². The van der Waals surface area contributed by atoms with Crippen LogP contribution < -0.4 is 15.5 Å². The monoisotopic (exact) mass is 709 g/mol. The Morgan fingerprint density at radius 2 is 1.43 bits per heavy atom. The highest BCUT2D eigenvalue weighted by Crippen LogP contribution is 2.47. The van der Waals surface area contributed by atoms with Crippen molar-refractivity contribution in [3.8, 4) is 5.75 Å². The summed E-state index contributed by atoms with van der Waals surface area (Å²) in [6.45, 7) is 0.584. The van der Waals surface area contributed by atoms with Gasteiger partial charge in [-0.15, -0.1) is 0 Å². The van der Waals surface area contributed by atoms with Crippen LogP contribution in [0.25, 0.3) is 0 Å². The van der Waals surface area contributed by atoms with Gasteiger partial charge in [0.15, 0.2) is 0 Å². The number of hydroxylamine groups is 1. The van der Waals surface area contributed by atoms with Crippen LogP contribution in [0.5, 0.6) is 5.75 Å². The Kier molecular flexibility index (Phi) is 12.2. The predicted octanol–water partition coefficient (Wildman–Crippen LogP) is 6.25. The summed E-state index contributed by atoms with van der Waals surface area (Å²) >= 11 is 0. The van der Waals surface area contributed by atoms with Crippen LogP contribution in [0.2, 0.25) is 0 Å². The average molecular weight is 710 g/mol. The summed E-state index contributed by atoms with van der Waals surface area (Å²) in [6.07, 6.45) is 2.58. The maximum atomic E-state index is 14.6. The van der Waals surface area contributed by atoms with Crippen LogP contribution in [-0.4, -0.2) is 45.6 Å². The Bertz CT molecular complexity index is 1870. The first-order valence-electron chi connectivity index (χ1n) is 17.7. The van der Waals surface area contributed by atoms with Gasteiger partial charge in [-0.05, 0) is 72.1 Å². The number of nitrogens with one attached hydrogen (secondary N) is 2. The van der Waals surface area contributed by atoms with Crippen LogP contribution in [0.15, 0.2) is 125 Å². The molecule has 9 nitrogen and oxygen atoms in total. The molecule has 6 rings (SSSR count). The number of nitrogens with zero attached hydrogens (tertiary/aromatic N) is 1. The summed E-state index contributed by atoms with van der Waals surface area (Å²) in [5.41, 5.74) is 5.27. The molecule has 3 N–H and O–H groups in total. The topological polar surface area (TPSA) is 126 Å². The van der Waals surface area contributed by atoms with Gasteiger partial charge in [-0.1, -0.05) is 104 Å². The first-order valence-corrected chi connectivity index (χ1v) is 19.3. The lowest BCUT2D eigenvalue weighted by Gasteiger charge is -2.32. The summed E-state index contributed by atoms with van der Waals surface area (Å²) in [7, 11) is -1.44. The number of hydrogen-bond donors (Lipinski definition) is 3. The van der Waals surface area contributed by atoms with Crippen LogP contribution in [0.1, 0.15) is 48.8 Å². The van der Waals surface area contributed by atoms with E-state index in [0.717, 1.165) is 42.4 Å². The highest BCUT2D eigenvalue weighted by molar-refractivity contribution is 7.94. The van der Waals surface area contributed by atoms with Crippen molar-refractivity contribution in [2.45, 2.75) is 74.0 Å². The summed E-state index contributed by atoms with van der Waals surface area (Å²) in [4.78, 5) is 33.6.